The smallest absolute Gasteiger partial charge is 0.341 e. The lowest BCUT2D eigenvalue weighted by Crippen LogP contribution is -2.54. The molecule has 2 aliphatic rings. The summed E-state index contributed by atoms with van der Waals surface area (Å²) in [5.41, 5.74) is -0.193. The summed E-state index contributed by atoms with van der Waals surface area (Å²) in [6.45, 7) is -0.723. The molecule has 10 heteroatoms. The van der Waals surface area contributed by atoms with Crippen molar-refractivity contribution in [1.82, 2.24) is 10.2 Å². The van der Waals surface area contributed by atoms with Gasteiger partial charge in [-0.15, -0.1) is 0 Å². The molecule has 10 nitrogen and oxygen atoms in total. The van der Waals surface area contributed by atoms with Crippen LogP contribution in [0.15, 0.2) is 12.1 Å². The molecule has 0 aromatic heterocycles. The molecule has 1 aromatic rings. The lowest BCUT2D eigenvalue weighted by Gasteiger charge is -2.27. The van der Waals surface area contributed by atoms with Crippen LogP contribution < -0.4 is 14.8 Å². The van der Waals surface area contributed by atoms with Gasteiger partial charge in [0.2, 0.25) is 11.8 Å². The highest BCUT2D eigenvalue weighted by molar-refractivity contribution is 6.24. The van der Waals surface area contributed by atoms with Crippen LogP contribution in [0.4, 0.5) is 0 Å². The Labute approximate surface area is 146 Å². The third kappa shape index (κ3) is 2.85. The summed E-state index contributed by atoms with van der Waals surface area (Å²) in [6, 6.07) is 1.48. The van der Waals surface area contributed by atoms with E-state index in [1.165, 1.54) is 19.2 Å². The van der Waals surface area contributed by atoms with E-state index in [0.29, 0.717) is 0 Å². The van der Waals surface area contributed by atoms with Crippen LogP contribution >= 0.6 is 0 Å². The molecule has 4 amide bonds. The molecule has 1 aromatic carbocycles. The molecular formula is C16H14N2O8. The maximum atomic E-state index is 12.8. The molecule has 1 saturated heterocycles. The second kappa shape index (κ2) is 6.47. The Balaban J connectivity index is 2.01. The molecule has 0 bridgehead atoms. The van der Waals surface area contributed by atoms with Crippen LogP contribution in [0.1, 0.15) is 33.6 Å². The van der Waals surface area contributed by atoms with Crippen LogP contribution in [0.5, 0.6) is 11.5 Å². The van der Waals surface area contributed by atoms with Crippen molar-refractivity contribution in [2.24, 2.45) is 0 Å². The number of carbonyl (C=O) groups excluding carboxylic acids is 4. The Morgan fingerprint density at radius 3 is 2.62 bits per heavy atom. The first-order chi connectivity index (χ1) is 12.3. The van der Waals surface area contributed by atoms with Crippen molar-refractivity contribution in [3.8, 4) is 11.5 Å². The van der Waals surface area contributed by atoms with Crippen molar-refractivity contribution < 1.29 is 38.6 Å². The average Bonchev–Trinajstić information content (AvgIpc) is 2.84. The number of ether oxygens (including phenoxy) is 2. The lowest BCUT2D eigenvalue weighted by molar-refractivity contribution is -0.139. The van der Waals surface area contributed by atoms with Gasteiger partial charge in [-0.25, -0.2) is 4.79 Å². The highest BCUT2D eigenvalue weighted by Gasteiger charge is 2.46. The summed E-state index contributed by atoms with van der Waals surface area (Å²) in [5.74, 6) is -3.95. The maximum Gasteiger partial charge on any atom is 0.341 e. The molecule has 26 heavy (non-hydrogen) atoms. The van der Waals surface area contributed by atoms with Crippen LogP contribution in [-0.4, -0.2) is 59.4 Å². The first-order valence-corrected chi connectivity index (χ1v) is 7.61. The zero-order valence-electron chi connectivity index (χ0n) is 13.6. The minimum absolute atomic E-state index is 0.00446. The number of benzene rings is 1. The summed E-state index contributed by atoms with van der Waals surface area (Å²) in [4.78, 5) is 60.3. The topological polar surface area (TPSA) is 139 Å². The van der Waals surface area contributed by atoms with Gasteiger partial charge in [-0.05, 0) is 12.5 Å². The first-order valence-electron chi connectivity index (χ1n) is 7.61. The Hall–Kier alpha value is -3.43. The molecule has 2 heterocycles. The normalized spacial score (nSPS) is 19.3. The van der Waals surface area contributed by atoms with Gasteiger partial charge in [-0.3, -0.25) is 29.4 Å². The van der Waals surface area contributed by atoms with Gasteiger partial charge in [0.15, 0.2) is 6.61 Å². The second-order valence-corrected chi connectivity index (χ2v) is 5.68. The van der Waals surface area contributed by atoms with Crippen LogP contribution in [-0.2, 0) is 14.4 Å². The number of methoxy groups -OCH3 is 1. The van der Waals surface area contributed by atoms with Crippen LogP contribution in [0.3, 0.4) is 0 Å². The number of rotatable bonds is 5. The Kier molecular flexibility index (Phi) is 4.33. The number of nitrogens with zero attached hydrogens (tertiary/aromatic N) is 1. The van der Waals surface area contributed by atoms with E-state index in [1.54, 1.807) is 0 Å². The largest absolute Gasteiger partial charge is 0.497 e. The minimum Gasteiger partial charge on any atom is -0.497 e. The molecule has 136 valence electrons. The molecule has 1 fully saturated rings. The highest BCUT2D eigenvalue weighted by atomic mass is 16.5. The monoisotopic (exact) mass is 362 g/mol. The van der Waals surface area contributed by atoms with Gasteiger partial charge >= 0.3 is 5.97 Å². The van der Waals surface area contributed by atoms with Gasteiger partial charge in [-0.1, -0.05) is 0 Å². The predicted octanol–water partition coefficient (Wildman–Crippen LogP) is -0.440. The van der Waals surface area contributed by atoms with E-state index in [4.69, 9.17) is 14.6 Å². The lowest BCUT2D eigenvalue weighted by atomic mass is 10.0. The van der Waals surface area contributed by atoms with E-state index < -0.39 is 42.2 Å². The molecule has 0 aliphatic carbocycles. The molecule has 0 spiro atoms. The predicted molar refractivity (Wildman–Crippen MR) is 82.8 cm³/mol. The van der Waals surface area contributed by atoms with Gasteiger partial charge in [-0.2, -0.15) is 0 Å². The van der Waals surface area contributed by atoms with E-state index in [1.807, 2.05) is 0 Å². The third-order valence-corrected chi connectivity index (χ3v) is 4.07. The number of amides is 4. The summed E-state index contributed by atoms with van der Waals surface area (Å²) in [6.07, 6.45) is 0.00803. The van der Waals surface area contributed by atoms with Crippen molar-refractivity contribution in [2.45, 2.75) is 18.9 Å². The van der Waals surface area contributed by atoms with E-state index >= 15 is 0 Å². The number of carbonyl (C=O) groups is 5. The number of aliphatic carboxylic acids is 1. The number of carboxylic acids is 1. The van der Waals surface area contributed by atoms with Gasteiger partial charge in [0.05, 0.1) is 18.2 Å². The highest BCUT2D eigenvalue weighted by Crippen LogP contribution is 2.37. The van der Waals surface area contributed by atoms with Crippen molar-refractivity contribution in [3.05, 3.63) is 23.3 Å². The molecule has 3 rings (SSSR count). The fourth-order valence-corrected chi connectivity index (χ4v) is 2.90. The molecule has 2 N–H and O–H groups in total. The molecule has 1 unspecified atom stereocenters. The number of nitrogens with one attached hydrogen (secondary N) is 1. The van der Waals surface area contributed by atoms with Gasteiger partial charge in [0.25, 0.3) is 11.8 Å². The third-order valence-electron chi connectivity index (χ3n) is 4.07. The fourth-order valence-electron chi connectivity index (χ4n) is 2.90. The SMILES string of the molecule is COc1cc(OCC(=O)O)c2c(c1)C(=O)N(C1CCC(=O)NC1=O)C2=O. The van der Waals surface area contributed by atoms with Crippen LogP contribution in [0.25, 0.3) is 0 Å². The van der Waals surface area contributed by atoms with Gasteiger partial charge in [0, 0.05) is 12.5 Å². The van der Waals surface area contributed by atoms with E-state index in [-0.39, 0.29) is 35.5 Å². The number of imide groups is 2. The van der Waals surface area contributed by atoms with Crippen LogP contribution in [0.2, 0.25) is 0 Å². The van der Waals surface area contributed by atoms with Gasteiger partial charge < -0.3 is 14.6 Å². The zero-order valence-corrected chi connectivity index (χ0v) is 13.6. The maximum absolute atomic E-state index is 12.8. The summed E-state index contributed by atoms with van der Waals surface area (Å²) in [7, 11) is 1.34. The van der Waals surface area contributed by atoms with Crippen molar-refractivity contribution in [2.75, 3.05) is 13.7 Å². The molecule has 1 atom stereocenters. The van der Waals surface area contributed by atoms with E-state index in [0.717, 1.165) is 4.90 Å². The summed E-state index contributed by atoms with van der Waals surface area (Å²) >= 11 is 0. The number of carboxylic acid groups (broad SMARTS) is 1. The number of fused-ring (bicyclic) bond motifs is 1. The minimum atomic E-state index is -1.26. The fraction of sp³-hybridized carbons (Fsp3) is 0.312. The Morgan fingerprint density at radius 2 is 2.00 bits per heavy atom. The molecule has 0 saturated carbocycles. The summed E-state index contributed by atoms with van der Waals surface area (Å²) < 4.78 is 10.2. The summed E-state index contributed by atoms with van der Waals surface area (Å²) in [5, 5.41) is 10.9. The number of piperidine rings is 1. The Bertz CT molecular complexity index is 847. The van der Waals surface area contributed by atoms with Crippen molar-refractivity contribution in [3.63, 3.8) is 0 Å². The van der Waals surface area contributed by atoms with Crippen molar-refractivity contribution >= 4 is 29.6 Å². The number of hydrogen-bond donors (Lipinski definition) is 2. The molecular weight excluding hydrogens is 348 g/mol. The molecule has 0 radical (unpaired) electrons. The second-order valence-electron chi connectivity index (χ2n) is 5.68. The first kappa shape index (κ1) is 17.4. The van der Waals surface area contributed by atoms with Crippen LogP contribution in [0, 0.1) is 0 Å². The molecule has 2 aliphatic heterocycles. The van der Waals surface area contributed by atoms with Gasteiger partial charge in [0.1, 0.15) is 17.5 Å². The van der Waals surface area contributed by atoms with Crippen molar-refractivity contribution in [1.29, 1.82) is 0 Å². The van der Waals surface area contributed by atoms with E-state index in [2.05, 4.69) is 5.32 Å². The van der Waals surface area contributed by atoms with E-state index in [9.17, 15) is 24.0 Å². The number of hydrogen-bond acceptors (Lipinski definition) is 7. The standard InChI is InChI=1S/C16H14N2O8/c1-25-7-4-8-13(10(5-7)26-6-12(20)21)16(24)18(15(8)23)9-2-3-11(19)17-14(9)22/h4-5,9H,2-3,6H2,1H3,(H,20,21)(H,17,19,22). The quantitative estimate of drug-likeness (QED) is 0.672. The average molecular weight is 362 g/mol. The zero-order chi connectivity index (χ0) is 19.0. The Morgan fingerprint density at radius 1 is 1.27 bits per heavy atom.